The first-order valence-electron chi connectivity index (χ1n) is 4.85. The molecule has 0 aliphatic carbocycles. The Labute approximate surface area is 88.8 Å². The minimum Gasteiger partial charge on any atom is -0.481 e. The lowest BCUT2D eigenvalue weighted by Gasteiger charge is -2.26. The number of hydrogen-bond acceptors (Lipinski definition) is 4. The van der Waals surface area contributed by atoms with E-state index in [0.29, 0.717) is 12.4 Å². The molecule has 1 aromatic rings. The number of aliphatic carboxylic acids is 1. The van der Waals surface area contributed by atoms with Crippen LogP contribution in [0.3, 0.4) is 0 Å². The lowest BCUT2D eigenvalue weighted by molar-refractivity contribution is -0.136. The van der Waals surface area contributed by atoms with Crippen LogP contribution in [0.15, 0.2) is 18.6 Å². The van der Waals surface area contributed by atoms with E-state index in [1.807, 2.05) is 18.7 Å². The highest BCUT2D eigenvalue weighted by atomic mass is 16.4. The average molecular weight is 209 g/mol. The Bertz CT molecular complexity index is 314. The van der Waals surface area contributed by atoms with Crippen molar-refractivity contribution in [3.8, 4) is 0 Å². The highest BCUT2D eigenvalue weighted by molar-refractivity contribution is 5.67. The molecule has 0 amide bonds. The molecule has 0 radical (unpaired) electrons. The van der Waals surface area contributed by atoms with Crippen molar-refractivity contribution in [1.82, 2.24) is 9.97 Å². The Kier molecular flexibility index (Phi) is 4.03. The Balaban J connectivity index is 2.70. The van der Waals surface area contributed by atoms with Gasteiger partial charge >= 0.3 is 5.97 Å². The van der Waals surface area contributed by atoms with Crippen molar-refractivity contribution in [2.75, 3.05) is 11.4 Å². The van der Waals surface area contributed by atoms with E-state index in [1.54, 1.807) is 18.6 Å². The summed E-state index contributed by atoms with van der Waals surface area (Å²) in [5.74, 6) is -0.0849. The smallest absolute Gasteiger partial charge is 0.305 e. The molecular weight excluding hydrogens is 194 g/mol. The van der Waals surface area contributed by atoms with E-state index in [4.69, 9.17) is 5.11 Å². The zero-order valence-electron chi connectivity index (χ0n) is 8.92. The summed E-state index contributed by atoms with van der Waals surface area (Å²) < 4.78 is 0. The third-order valence-electron chi connectivity index (χ3n) is 2.03. The number of carboxylic acids is 1. The van der Waals surface area contributed by atoms with Crippen LogP contribution in [-0.2, 0) is 4.79 Å². The SMILES string of the molecule is CC(C)N(CCC(=O)O)c1cnccn1. The van der Waals surface area contributed by atoms with E-state index >= 15 is 0 Å². The van der Waals surface area contributed by atoms with E-state index in [-0.39, 0.29) is 12.5 Å². The van der Waals surface area contributed by atoms with Crippen LogP contribution >= 0.6 is 0 Å². The molecule has 0 aromatic carbocycles. The van der Waals surface area contributed by atoms with Crippen molar-refractivity contribution >= 4 is 11.8 Å². The summed E-state index contributed by atoms with van der Waals surface area (Å²) in [6.07, 6.45) is 4.95. The highest BCUT2D eigenvalue weighted by Crippen LogP contribution is 2.11. The lowest BCUT2D eigenvalue weighted by atomic mass is 10.3. The fourth-order valence-electron chi connectivity index (χ4n) is 1.29. The molecule has 82 valence electrons. The van der Waals surface area contributed by atoms with E-state index in [2.05, 4.69) is 9.97 Å². The number of carboxylic acid groups (broad SMARTS) is 1. The molecule has 0 fully saturated rings. The van der Waals surface area contributed by atoms with Crippen molar-refractivity contribution in [3.05, 3.63) is 18.6 Å². The molecule has 0 spiro atoms. The molecule has 15 heavy (non-hydrogen) atoms. The van der Waals surface area contributed by atoms with E-state index < -0.39 is 5.97 Å². The minimum atomic E-state index is -0.801. The summed E-state index contributed by atoms with van der Waals surface area (Å²) in [6.45, 7) is 4.44. The standard InChI is InChI=1S/C10H15N3O2/c1-8(2)13(6-3-10(14)15)9-7-11-4-5-12-9/h4-5,7-8H,3,6H2,1-2H3,(H,14,15). The predicted molar refractivity (Wildman–Crippen MR) is 56.8 cm³/mol. The van der Waals surface area contributed by atoms with Crippen molar-refractivity contribution in [2.45, 2.75) is 26.3 Å². The molecule has 0 aliphatic heterocycles. The third kappa shape index (κ3) is 3.53. The molecule has 0 saturated heterocycles. The monoisotopic (exact) mass is 209 g/mol. The van der Waals surface area contributed by atoms with Gasteiger partial charge in [0, 0.05) is 25.0 Å². The molecule has 0 bridgehead atoms. The van der Waals surface area contributed by atoms with Crippen molar-refractivity contribution < 1.29 is 9.90 Å². The first-order valence-corrected chi connectivity index (χ1v) is 4.85. The second-order valence-corrected chi connectivity index (χ2v) is 3.49. The molecule has 1 aromatic heterocycles. The van der Waals surface area contributed by atoms with Gasteiger partial charge in [-0.05, 0) is 13.8 Å². The van der Waals surface area contributed by atoms with Crippen molar-refractivity contribution in [2.24, 2.45) is 0 Å². The van der Waals surface area contributed by atoms with Gasteiger partial charge in [-0.25, -0.2) is 4.98 Å². The van der Waals surface area contributed by atoms with Gasteiger partial charge in [-0.1, -0.05) is 0 Å². The Morgan fingerprint density at radius 2 is 2.27 bits per heavy atom. The van der Waals surface area contributed by atoms with Crippen molar-refractivity contribution in [1.29, 1.82) is 0 Å². The molecular formula is C10H15N3O2. The normalized spacial score (nSPS) is 10.3. The van der Waals surface area contributed by atoms with Gasteiger partial charge in [0.2, 0.25) is 0 Å². The molecule has 1 N–H and O–H groups in total. The second-order valence-electron chi connectivity index (χ2n) is 3.49. The predicted octanol–water partition coefficient (Wildman–Crippen LogP) is 1.17. The third-order valence-corrected chi connectivity index (χ3v) is 2.03. The van der Waals surface area contributed by atoms with Gasteiger partial charge in [0.1, 0.15) is 5.82 Å². The van der Waals surface area contributed by atoms with Crippen LogP contribution in [0, 0.1) is 0 Å². The summed E-state index contributed by atoms with van der Waals surface area (Å²) in [7, 11) is 0. The fourth-order valence-corrected chi connectivity index (χ4v) is 1.29. The molecule has 1 rings (SSSR count). The van der Waals surface area contributed by atoms with E-state index in [0.717, 1.165) is 0 Å². The lowest BCUT2D eigenvalue weighted by Crippen LogP contribution is -2.33. The summed E-state index contributed by atoms with van der Waals surface area (Å²) in [5.41, 5.74) is 0. The quantitative estimate of drug-likeness (QED) is 0.788. The van der Waals surface area contributed by atoms with E-state index in [9.17, 15) is 4.79 Å². The Hall–Kier alpha value is -1.65. The number of carbonyl (C=O) groups is 1. The molecule has 5 heteroatoms. The topological polar surface area (TPSA) is 66.3 Å². The van der Waals surface area contributed by atoms with Gasteiger partial charge < -0.3 is 10.0 Å². The first kappa shape index (κ1) is 11.4. The summed E-state index contributed by atoms with van der Waals surface area (Å²) in [4.78, 5) is 20.5. The number of rotatable bonds is 5. The number of anilines is 1. The maximum Gasteiger partial charge on any atom is 0.305 e. The maximum absolute atomic E-state index is 10.5. The fraction of sp³-hybridized carbons (Fsp3) is 0.500. The van der Waals surface area contributed by atoms with Crippen LogP contribution in [0.5, 0.6) is 0 Å². The van der Waals surface area contributed by atoms with Gasteiger partial charge in [-0.2, -0.15) is 0 Å². The first-order chi connectivity index (χ1) is 7.11. The minimum absolute atomic E-state index is 0.106. The van der Waals surface area contributed by atoms with Crippen molar-refractivity contribution in [3.63, 3.8) is 0 Å². The molecule has 0 unspecified atom stereocenters. The molecule has 0 saturated carbocycles. The zero-order chi connectivity index (χ0) is 11.3. The van der Waals surface area contributed by atoms with Gasteiger partial charge in [0.05, 0.1) is 12.6 Å². The zero-order valence-corrected chi connectivity index (χ0v) is 8.92. The summed E-state index contributed by atoms with van der Waals surface area (Å²) in [5, 5.41) is 8.63. The Morgan fingerprint density at radius 1 is 1.53 bits per heavy atom. The maximum atomic E-state index is 10.5. The molecule has 5 nitrogen and oxygen atoms in total. The van der Waals surface area contributed by atoms with Crippen LogP contribution in [0.25, 0.3) is 0 Å². The van der Waals surface area contributed by atoms with Crippen LogP contribution in [0.2, 0.25) is 0 Å². The summed E-state index contributed by atoms with van der Waals surface area (Å²) in [6, 6.07) is 0.209. The van der Waals surface area contributed by atoms with Gasteiger partial charge in [0.15, 0.2) is 0 Å². The highest BCUT2D eigenvalue weighted by Gasteiger charge is 2.12. The van der Waals surface area contributed by atoms with Gasteiger partial charge in [0.25, 0.3) is 0 Å². The molecule has 0 aliphatic rings. The number of nitrogens with zero attached hydrogens (tertiary/aromatic N) is 3. The van der Waals surface area contributed by atoms with E-state index in [1.165, 1.54) is 0 Å². The van der Waals surface area contributed by atoms with Crippen LogP contribution in [0.4, 0.5) is 5.82 Å². The van der Waals surface area contributed by atoms with Gasteiger partial charge in [-0.15, -0.1) is 0 Å². The van der Waals surface area contributed by atoms with Crippen LogP contribution in [0.1, 0.15) is 20.3 Å². The van der Waals surface area contributed by atoms with Crippen LogP contribution in [-0.4, -0.2) is 33.6 Å². The van der Waals surface area contributed by atoms with Gasteiger partial charge in [-0.3, -0.25) is 9.78 Å². The second kappa shape index (κ2) is 5.29. The molecule has 0 atom stereocenters. The number of hydrogen-bond donors (Lipinski definition) is 1. The molecule has 1 heterocycles. The van der Waals surface area contributed by atoms with Crippen LogP contribution < -0.4 is 4.90 Å². The average Bonchev–Trinajstić information content (AvgIpc) is 2.18. The largest absolute Gasteiger partial charge is 0.481 e. The Morgan fingerprint density at radius 3 is 2.73 bits per heavy atom. The summed E-state index contributed by atoms with van der Waals surface area (Å²) >= 11 is 0. The number of aromatic nitrogens is 2.